The minimum Gasteiger partial charge on any atom is -0.481 e. The third-order valence-electron chi connectivity index (χ3n) is 6.94. The molecule has 36 heavy (non-hydrogen) atoms. The molecule has 1 amide bonds. The molecule has 186 valence electrons. The lowest BCUT2D eigenvalue weighted by molar-refractivity contribution is -0.139. The second-order valence-corrected chi connectivity index (χ2v) is 8.88. The summed E-state index contributed by atoms with van der Waals surface area (Å²) >= 11 is 0. The SMILES string of the molecule is O=C(O)CC(c1ccc(C2(c3ccc(F)cc3)C(=O)Nc3c2ccc(F)c3F)cc1)N1CCOCC1. The van der Waals surface area contributed by atoms with Crippen LogP contribution in [0.2, 0.25) is 0 Å². The molecular formula is C27H23F3N2O4. The number of morpholine rings is 1. The Morgan fingerprint density at radius 2 is 1.58 bits per heavy atom. The van der Waals surface area contributed by atoms with E-state index in [4.69, 9.17) is 4.74 Å². The first-order chi connectivity index (χ1) is 17.3. The van der Waals surface area contributed by atoms with Crippen LogP contribution in [-0.2, 0) is 19.7 Å². The topological polar surface area (TPSA) is 78.9 Å². The number of aliphatic carboxylic acids is 1. The first-order valence-corrected chi connectivity index (χ1v) is 11.5. The van der Waals surface area contributed by atoms with Gasteiger partial charge in [-0.2, -0.15) is 0 Å². The van der Waals surface area contributed by atoms with E-state index in [0.717, 1.165) is 11.6 Å². The molecule has 9 heteroatoms. The summed E-state index contributed by atoms with van der Waals surface area (Å²) in [6.45, 7) is 2.17. The summed E-state index contributed by atoms with van der Waals surface area (Å²) in [6.07, 6.45) is -0.115. The van der Waals surface area contributed by atoms with E-state index in [-0.39, 0.29) is 17.7 Å². The molecular weight excluding hydrogens is 473 g/mol. The van der Waals surface area contributed by atoms with E-state index in [9.17, 15) is 27.9 Å². The van der Waals surface area contributed by atoms with Gasteiger partial charge in [0, 0.05) is 24.7 Å². The molecule has 3 aromatic rings. The van der Waals surface area contributed by atoms with Gasteiger partial charge in [-0.05, 0) is 34.9 Å². The minimum absolute atomic E-state index is 0.115. The van der Waals surface area contributed by atoms with Crippen LogP contribution in [0.4, 0.5) is 18.9 Å². The molecule has 0 spiro atoms. The fourth-order valence-corrected chi connectivity index (χ4v) is 5.22. The van der Waals surface area contributed by atoms with Gasteiger partial charge in [0.15, 0.2) is 11.6 Å². The van der Waals surface area contributed by atoms with Crippen molar-refractivity contribution in [1.29, 1.82) is 0 Å². The number of rotatable bonds is 6. The third-order valence-corrected chi connectivity index (χ3v) is 6.94. The van der Waals surface area contributed by atoms with Crippen molar-refractivity contribution in [1.82, 2.24) is 4.90 Å². The highest BCUT2D eigenvalue weighted by molar-refractivity contribution is 6.11. The standard InChI is InChI=1S/C27H23F3N2O4/c28-19-7-5-18(6-8-19)27(20-9-10-21(29)24(30)25(20)31-26(27)35)17-3-1-16(2-4-17)22(15-23(33)34)32-11-13-36-14-12-32/h1-10,22H,11-15H2,(H,31,35)(H,33,34). The molecule has 0 aliphatic carbocycles. The van der Waals surface area contributed by atoms with Gasteiger partial charge in [0.1, 0.15) is 11.2 Å². The molecule has 0 bridgehead atoms. The summed E-state index contributed by atoms with van der Waals surface area (Å²) in [6, 6.07) is 14.1. The Morgan fingerprint density at radius 1 is 0.972 bits per heavy atom. The number of ether oxygens (including phenoxy) is 1. The maximum Gasteiger partial charge on any atom is 0.305 e. The van der Waals surface area contributed by atoms with E-state index < -0.39 is 40.8 Å². The van der Waals surface area contributed by atoms with Gasteiger partial charge in [0.2, 0.25) is 5.91 Å². The predicted octanol–water partition coefficient (Wildman–Crippen LogP) is 4.24. The molecule has 2 unspecified atom stereocenters. The van der Waals surface area contributed by atoms with E-state index in [2.05, 4.69) is 5.32 Å². The first kappa shape index (κ1) is 24.0. The van der Waals surface area contributed by atoms with Gasteiger partial charge >= 0.3 is 5.97 Å². The average molecular weight is 496 g/mol. The molecule has 0 aromatic heterocycles. The molecule has 2 aliphatic rings. The number of halogens is 3. The van der Waals surface area contributed by atoms with E-state index in [0.29, 0.717) is 37.4 Å². The molecule has 2 N–H and O–H groups in total. The Morgan fingerprint density at radius 3 is 2.19 bits per heavy atom. The maximum atomic E-state index is 14.7. The lowest BCUT2D eigenvalue weighted by Gasteiger charge is -2.34. The van der Waals surface area contributed by atoms with Gasteiger partial charge < -0.3 is 15.2 Å². The Balaban J connectivity index is 1.64. The van der Waals surface area contributed by atoms with E-state index in [1.54, 1.807) is 24.3 Å². The second-order valence-electron chi connectivity index (χ2n) is 8.88. The number of hydrogen-bond donors (Lipinski definition) is 2. The van der Waals surface area contributed by atoms with Crippen LogP contribution in [0.1, 0.15) is 34.7 Å². The summed E-state index contributed by atoms with van der Waals surface area (Å²) in [4.78, 5) is 27.2. The quantitative estimate of drug-likeness (QED) is 0.534. The van der Waals surface area contributed by atoms with Crippen molar-refractivity contribution in [3.8, 4) is 0 Å². The first-order valence-electron chi connectivity index (χ1n) is 11.5. The highest BCUT2D eigenvalue weighted by Crippen LogP contribution is 2.49. The van der Waals surface area contributed by atoms with Crippen LogP contribution in [0.15, 0.2) is 60.7 Å². The molecule has 2 aliphatic heterocycles. The highest BCUT2D eigenvalue weighted by Gasteiger charge is 2.51. The lowest BCUT2D eigenvalue weighted by Crippen LogP contribution is -2.40. The molecule has 2 atom stereocenters. The van der Waals surface area contributed by atoms with E-state index in [1.165, 1.54) is 30.3 Å². The van der Waals surface area contributed by atoms with Gasteiger partial charge in [-0.1, -0.05) is 42.5 Å². The number of carbonyl (C=O) groups excluding carboxylic acids is 1. The molecule has 5 rings (SSSR count). The average Bonchev–Trinajstić information content (AvgIpc) is 3.19. The molecule has 0 saturated carbocycles. The third kappa shape index (κ3) is 3.94. The zero-order valence-corrected chi connectivity index (χ0v) is 19.1. The van der Waals surface area contributed by atoms with Gasteiger partial charge in [-0.15, -0.1) is 0 Å². The van der Waals surface area contributed by atoms with Gasteiger partial charge in [0.25, 0.3) is 0 Å². The molecule has 1 fully saturated rings. The maximum absolute atomic E-state index is 14.7. The number of nitrogens with one attached hydrogen (secondary N) is 1. The number of benzene rings is 3. The molecule has 2 heterocycles. The number of carboxylic acid groups (broad SMARTS) is 1. The number of fused-ring (bicyclic) bond motifs is 1. The van der Waals surface area contributed by atoms with Gasteiger partial charge in [-0.3, -0.25) is 14.5 Å². The van der Waals surface area contributed by atoms with E-state index >= 15 is 0 Å². The Bertz CT molecular complexity index is 1310. The van der Waals surface area contributed by atoms with Crippen LogP contribution in [0.3, 0.4) is 0 Å². The van der Waals surface area contributed by atoms with Gasteiger partial charge in [0.05, 0.1) is 25.3 Å². The number of carbonyl (C=O) groups is 2. The molecule has 0 radical (unpaired) electrons. The van der Waals surface area contributed by atoms with Crippen LogP contribution in [-0.4, -0.2) is 48.2 Å². The number of amides is 1. The van der Waals surface area contributed by atoms with Crippen molar-refractivity contribution in [3.63, 3.8) is 0 Å². The summed E-state index contributed by atoms with van der Waals surface area (Å²) in [5.41, 5.74) is -0.0322. The van der Waals surface area contributed by atoms with Crippen molar-refractivity contribution in [3.05, 3.63) is 100 Å². The van der Waals surface area contributed by atoms with Crippen molar-refractivity contribution in [2.24, 2.45) is 0 Å². The second kappa shape index (κ2) is 9.40. The fourth-order valence-electron chi connectivity index (χ4n) is 5.22. The van der Waals surface area contributed by atoms with Crippen LogP contribution >= 0.6 is 0 Å². The van der Waals surface area contributed by atoms with Crippen LogP contribution < -0.4 is 5.32 Å². The predicted molar refractivity (Wildman–Crippen MR) is 125 cm³/mol. The van der Waals surface area contributed by atoms with Crippen LogP contribution in [0, 0.1) is 17.5 Å². The zero-order chi connectivity index (χ0) is 25.4. The molecule has 6 nitrogen and oxygen atoms in total. The van der Waals surface area contributed by atoms with Crippen molar-refractivity contribution in [2.45, 2.75) is 17.9 Å². The Labute approximate surface area is 205 Å². The number of nitrogens with zero attached hydrogens (tertiary/aromatic N) is 1. The van der Waals surface area contributed by atoms with E-state index in [1.807, 2.05) is 4.90 Å². The zero-order valence-electron chi connectivity index (χ0n) is 19.1. The Kier molecular flexibility index (Phi) is 6.27. The van der Waals surface area contributed by atoms with Crippen molar-refractivity contribution < 1.29 is 32.6 Å². The monoisotopic (exact) mass is 496 g/mol. The lowest BCUT2D eigenvalue weighted by atomic mass is 9.70. The van der Waals surface area contributed by atoms with Crippen LogP contribution in [0.25, 0.3) is 0 Å². The van der Waals surface area contributed by atoms with Gasteiger partial charge in [-0.25, -0.2) is 13.2 Å². The summed E-state index contributed by atoms with van der Waals surface area (Å²) < 4.78 is 47.8. The minimum atomic E-state index is -1.56. The largest absolute Gasteiger partial charge is 0.481 e. The fraction of sp³-hybridized carbons (Fsp3) is 0.259. The number of anilines is 1. The van der Waals surface area contributed by atoms with Crippen molar-refractivity contribution in [2.75, 3.05) is 31.6 Å². The molecule has 1 saturated heterocycles. The summed E-state index contributed by atoms with van der Waals surface area (Å²) in [5.74, 6) is -4.32. The highest BCUT2D eigenvalue weighted by atomic mass is 19.2. The number of hydrogen-bond acceptors (Lipinski definition) is 4. The normalized spacial score (nSPS) is 20.6. The van der Waals surface area contributed by atoms with Crippen molar-refractivity contribution >= 4 is 17.6 Å². The smallest absolute Gasteiger partial charge is 0.305 e. The Hall–Kier alpha value is -3.69. The molecule has 3 aromatic carbocycles. The number of carboxylic acids is 1. The van der Waals surface area contributed by atoms with Crippen LogP contribution in [0.5, 0.6) is 0 Å². The summed E-state index contributed by atoms with van der Waals surface area (Å²) in [7, 11) is 0. The summed E-state index contributed by atoms with van der Waals surface area (Å²) in [5, 5.41) is 12.0.